The van der Waals surface area contributed by atoms with Crippen LogP contribution in [-0.4, -0.2) is 26.0 Å². The Morgan fingerprint density at radius 3 is 2.79 bits per heavy atom. The summed E-state index contributed by atoms with van der Waals surface area (Å²) in [5.74, 6) is 0.0768. The highest BCUT2D eigenvalue weighted by molar-refractivity contribution is 5.77. The maximum Gasteiger partial charge on any atom is 0.233 e. The summed E-state index contributed by atoms with van der Waals surface area (Å²) >= 11 is 0. The van der Waals surface area contributed by atoms with Crippen LogP contribution in [0.2, 0.25) is 0 Å². The molecule has 0 fully saturated rings. The second-order valence-electron chi connectivity index (χ2n) is 5.29. The minimum atomic E-state index is 0.0768. The van der Waals surface area contributed by atoms with Crippen LogP contribution in [0.15, 0.2) is 18.2 Å². The smallest absolute Gasteiger partial charge is 0.233 e. The fourth-order valence-corrected chi connectivity index (χ4v) is 2.69. The molecule has 2 rings (SSSR count). The van der Waals surface area contributed by atoms with Crippen molar-refractivity contribution in [1.29, 1.82) is 0 Å². The number of carbonyl (C=O) groups is 1. The molecule has 1 amide bonds. The van der Waals surface area contributed by atoms with Gasteiger partial charge in [0.25, 0.3) is 0 Å². The number of hydrogen-bond acceptors (Lipinski definition) is 2. The summed E-state index contributed by atoms with van der Waals surface area (Å²) in [6.45, 7) is 1.16. The zero-order valence-corrected chi connectivity index (χ0v) is 11.8. The van der Waals surface area contributed by atoms with Crippen molar-refractivity contribution in [1.82, 2.24) is 10.6 Å². The van der Waals surface area contributed by atoms with Crippen LogP contribution in [0.4, 0.5) is 0 Å². The molecule has 0 aliphatic heterocycles. The van der Waals surface area contributed by atoms with Gasteiger partial charge < -0.3 is 10.6 Å². The van der Waals surface area contributed by atoms with E-state index in [4.69, 9.17) is 0 Å². The molecule has 1 aliphatic carbocycles. The van der Waals surface area contributed by atoms with E-state index < -0.39 is 0 Å². The first-order valence-corrected chi connectivity index (χ1v) is 7.31. The van der Waals surface area contributed by atoms with Gasteiger partial charge in [-0.3, -0.25) is 4.79 Å². The van der Waals surface area contributed by atoms with Crippen molar-refractivity contribution in [3.63, 3.8) is 0 Å². The average Bonchev–Trinajstić information content (AvgIpc) is 2.44. The molecule has 0 radical (unpaired) electrons. The molecule has 1 aromatic carbocycles. The van der Waals surface area contributed by atoms with Crippen molar-refractivity contribution >= 4 is 5.91 Å². The molecule has 0 saturated heterocycles. The van der Waals surface area contributed by atoms with Gasteiger partial charge in [0.1, 0.15) is 0 Å². The molecule has 19 heavy (non-hydrogen) atoms. The van der Waals surface area contributed by atoms with E-state index in [0.717, 1.165) is 19.4 Å². The molecule has 1 aliphatic rings. The summed E-state index contributed by atoms with van der Waals surface area (Å²) in [6, 6.07) is 6.91. The number of benzene rings is 1. The van der Waals surface area contributed by atoms with Crippen LogP contribution in [0, 0.1) is 0 Å². The Balaban J connectivity index is 1.75. The van der Waals surface area contributed by atoms with Gasteiger partial charge in [-0.25, -0.2) is 0 Å². The molecule has 1 aromatic rings. The summed E-state index contributed by atoms with van der Waals surface area (Å²) in [7, 11) is 1.78. The fraction of sp³-hybridized carbons (Fsp3) is 0.562. The van der Waals surface area contributed by atoms with Gasteiger partial charge in [0.15, 0.2) is 0 Å². The Hall–Kier alpha value is -1.35. The highest BCUT2D eigenvalue weighted by atomic mass is 16.1. The average molecular weight is 260 g/mol. The SMILES string of the molecule is CNCC(=O)NCCCc1ccc2c(c1)CCCC2. The third-order valence-corrected chi connectivity index (χ3v) is 3.71. The number of amides is 1. The lowest BCUT2D eigenvalue weighted by Gasteiger charge is -2.16. The third-order valence-electron chi connectivity index (χ3n) is 3.71. The number of hydrogen-bond donors (Lipinski definition) is 2. The molecule has 2 N–H and O–H groups in total. The summed E-state index contributed by atoms with van der Waals surface area (Å²) in [6.07, 6.45) is 7.21. The van der Waals surface area contributed by atoms with Crippen LogP contribution in [0.5, 0.6) is 0 Å². The maximum atomic E-state index is 11.3. The Bertz CT molecular complexity index is 429. The lowest BCUT2D eigenvalue weighted by atomic mass is 9.90. The minimum Gasteiger partial charge on any atom is -0.355 e. The summed E-state index contributed by atoms with van der Waals surface area (Å²) < 4.78 is 0. The monoisotopic (exact) mass is 260 g/mol. The summed E-state index contributed by atoms with van der Waals surface area (Å²) in [4.78, 5) is 11.3. The zero-order chi connectivity index (χ0) is 13.5. The Kier molecular flexibility index (Phi) is 5.40. The minimum absolute atomic E-state index is 0.0768. The first-order valence-electron chi connectivity index (χ1n) is 7.31. The second-order valence-corrected chi connectivity index (χ2v) is 5.29. The van der Waals surface area contributed by atoms with Crippen LogP contribution in [0.25, 0.3) is 0 Å². The van der Waals surface area contributed by atoms with Crippen LogP contribution < -0.4 is 10.6 Å². The molecule has 3 heteroatoms. The van der Waals surface area contributed by atoms with Gasteiger partial charge in [-0.05, 0) is 62.3 Å². The largest absolute Gasteiger partial charge is 0.355 e. The molecule has 0 heterocycles. The standard InChI is InChI=1S/C16H24N2O/c1-17-12-16(19)18-10-4-5-13-8-9-14-6-2-3-7-15(14)11-13/h8-9,11,17H,2-7,10,12H2,1H3,(H,18,19). The zero-order valence-electron chi connectivity index (χ0n) is 11.8. The highest BCUT2D eigenvalue weighted by Gasteiger charge is 2.09. The van der Waals surface area contributed by atoms with Crippen molar-refractivity contribution in [2.75, 3.05) is 20.1 Å². The topological polar surface area (TPSA) is 41.1 Å². The van der Waals surface area contributed by atoms with E-state index in [1.165, 1.54) is 36.8 Å². The van der Waals surface area contributed by atoms with Crippen LogP contribution in [0.1, 0.15) is 36.0 Å². The molecular formula is C16H24N2O. The number of carbonyl (C=O) groups excluding carboxylic acids is 1. The van der Waals surface area contributed by atoms with Crippen LogP contribution in [0.3, 0.4) is 0 Å². The summed E-state index contributed by atoms with van der Waals surface area (Å²) in [5, 5.41) is 5.76. The normalized spacial score (nSPS) is 13.9. The van der Waals surface area contributed by atoms with E-state index in [1.807, 2.05) is 0 Å². The predicted molar refractivity (Wildman–Crippen MR) is 78.3 cm³/mol. The molecule has 3 nitrogen and oxygen atoms in total. The molecule has 0 atom stereocenters. The number of likely N-dealkylation sites (N-methyl/N-ethyl adjacent to an activating group) is 1. The van der Waals surface area contributed by atoms with Crippen molar-refractivity contribution in [2.45, 2.75) is 38.5 Å². The van der Waals surface area contributed by atoms with E-state index in [2.05, 4.69) is 28.8 Å². The lowest BCUT2D eigenvalue weighted by Crippen LogP contribution is -2.32. The quantitative estimate of drug-likeness (QED) is 0.766. The first kappa shape index (κ1) is 14.1. The van der Waals surface area contributed by atoms with E-state index in [1.54, 1.807) is 12.6 Å². The van der Waals surface area contributed by atoms with Crippen LogP contribution >= 0.6 is 0 Å². The van der Waals surface area contributed by atoms with E-state index in [9.17, 15) is 4.79 Å². The molecule has 0 bridgehead atoms. The molecular weight excluding hydrogens is 236 g/mol. The maximum absolute atomic E-state index is 11.3. The van der Waals surface area contributed by atoms with Gasteiger partial charge in [-0.1, -0.05) is 18.2 Å². The van der Waals surface area contributed by atoms with Gasteiger partial charge in [-0.15, -0.1) is 0 Å². The molecule has 0 spiro atoms. The lowest BCUT2D eigenvalue weighted by molar-refractivity contribution is -0.120. The van der Waals surface area contributed by atoms with Gasteiger partial charge in [-0.2, -0.15) is 0 Å². The third kappa shape index (κ3) is 4.35. The van der Waals surface area contributed by atoms with Gasteiger partial charge in [0, 0.05) is 6.54 Å². The van der Waals surface area contributed by atoms with Crippen molar-refractivity contribution < 1.29 is 4.79 Å². The summed E-state index contributed by atoms with van der Waals surface area (Å²) in [5.41, 5.74) is 4.49. The second kappa shape index (κ2) is 7.29. The van der Waals surface area contributed by atoms with Crippen molar-refractivity contribution in [3.05, 3.63) is 34.9 Å². The first-order chi connectivity index (χ1) is 9.29. The molecule has 0 saturated carbocycles. The Morgan fingerprint density at radius 2 is 2.00 bits per heavy atom. The Morgan fingerprint density at radius 1 is 1.21 bits per heavy atom. The van der Waals surface area contributed by atoms with Crippen LogP contribution in [-0.2, 0) is 24.1 Å². The van der Waals surface area contributed by atoms with Gasteiger partial charge >= 0.3 is 0 Å². The Labute approximate surface area is 115 Å². The number of nitrogens with one attached hydrogen (secondary N) is 2. The van der Waals surface area contributed by atoms with E-state index in [-0.39, 0.29) is 5.91 Å². The number of aryl methyl sites for hydroxylation is 3. The van der Waals surface area contributed by atoms with Gasteiger partial charge in [0.2, 0.25) is 5.91 Å². The predicted octanol–water partition coefficient (Wildman–Crippen LogP) is 1.83. The van der Waals surface area contributed by atoms with Crippen molar-refractivity contribution in [2.24, 2.45) is 0 Å². The molecule has 0 aromatic heterocycles. The number of fused-ring (bicyclic) bond motifs is 1. The molecule has 0 unspecified atom stereocenters. The van der Waals surface area contributed by atoms with E-state index in [0.29, 0.717) is 6.54 Å². The van der Waals surface area contributed by atoms with Crippen molar-refractivity contribution in [3.8, 4) is 0 Å². The highest BCUT2D eigenvalue weighted by Crippen LogP contribution is 2.22. The van der Waals surface area contributed by atoms with E-state index >= 15 is 0 Å². The number of rotatable bonds is 6. The fourth-order valence-electron chi connectivity index (χ4n) is 2.69. The van der Waals surface area contributed by atoms with Gasteiger partial charge in [0.05, 0.1) is 6.54 Å². The molecule has 104 valence electrons.